The molecule has 0 saturated carbocycles. The Kier molecular flexibility index (Phi) is 5.48. The monoisotopic (exact) mass is 381 g/mol. The molecule has 0 radical (unpaired) electrons. The number of piperidine rings is 1. The number of pyridine rings is 1. The number of methoxy groups -OCH3 is 2. The van der Waals surface area contributed by atoms with Crippen molar-refractivity contribution in [3.05, 3.63) is 53.9 Å². The predicted molar refractivity (Wildman–Crippen MR) is 106 cm³/mol. The van der Waals surface area contributed by atoms with E-state index in [-0.39, 0.29) is 17.9 Å². The van der Waals surface area contributed by atoms with E-state index in [4.69, 9.17) is 9.47 Å². The third kappa shape index (κ3) is 3.69. The smallest absolute Gasteiger partial charge is 0.227 e. The summed E-state index contributed by atoms with van der Waals surface area (Å²) in [6.07, 6.45) is 3.77. The van der Waals surface area contributed by atoms with Crippen LogP contribution in [0.3, 0.4) is 0 Å². The van der Waals surface area contributed by atoms with Crippen LogP contribution in [0.2, 0.25) is 0 Å². The highest BCUT2D eigenvalue weighted by Gasteiger charge is 2.40. The van der Waals surface area contributed by atoms with Gasteiger partial charge in [0.05, 0.1) is 20.1 Å². The zero-order valence-electron chi connectivity index (χ0n) is 16.5. The second-order valence-electron chi connectivity index (χ2n) is 7.57. The highest BCUT2D eigenvalue weighted by Crippen LogP contribution is 2.34. The second-order valence-corrected chi connectivity index (χ2v) is 7.57. The Morgan fingerprint density at radius 1 is 1.04 bits per heavy atom. The summed E-state index contributed by atoms with van der Waals surface area (Å²) in [6.45, 7) is 2.97. The van der Waals surface area contributed by atoms with Crippen molar-refractivity contribution < 1.29 is 14.3 Å². The molecule has 2 bridgehead atoms. The molecule has 3 aliphatic rings. The number of carbonyl (C=O) groups is 1. The van der Waals surface area contributed by atoms with Gasteiger partial charge in [0, 0.05) is 44.5 Å². The quantitative estimate of drug-likeness (QED) is 0.770. The third-order valence-electron chi connectivity index (χ3n) is 5.80. The van der Waals surface area contributed by atoms with Gasteiger partial charge in [-0.15, -0.1) is 0 Å². The highest BCUT2D eigenvalue weighted by molar-refractivity contribution is 5.80. The maximum absolute atomic E-state index is 13.1. The Morgan fingerprint density at radius 2 is 1.86 bits per heavy atom. The molecule has 4 heterocycles. The first kappa shape index (κ1) is 18.7. The van der Waals surface area contributed by atoms with Crippen LogP contribution in [0.15, 0.2) is 42.6 Å². The van der Waals surface area contributed by atoms with Crippen molar-refractivity contribution in [2.45, 2.75) is 32.0 Å². The van der Waals surface area contributed by atoms with E-state index in [0.717, 1.165) is 31.6 Å². The van der Waals surface area contributed by atoms with Crippen molar-refractivity contribution >= 4 is 5.91 Å². The minimum atomic E-state index is 0.0547. The number of aromatic nitrogens is 1. The molecule has 6 heteroatoms. The Labute approximate surface area is 166 Å². The first-order chi connectivity index (χ1) is 13.7. The minimum Gasteiger partial charge on any atom is -0.493 e. The average Bonchev–Trinajstić information content (AvgIpc) is 3.00. The van der Waals surface area contributed by atoms with Crippen LogP contribution in [0.5, 0.6) is 11.5 Å². The summed E-state index contributed by atoms with van der Waals surface area (Å²) in [5.74, 6) is 1.70. The fourth-order valence-corrected chi connectivity index (χ4v) is 4.42. The maximum atomic E-state index is 13.1. The largest absolute Gasteiger partial charge is 0.493 e. The molecule has 5 rings (SSSR count). The molecule has 3 fully saturated rings. The van der Waals surface area contributed by atoms with Gasteiger partial charge in [0.15, 0.2) is 11.5 Å². The number of ether oxygens (including phenoxy) is 2. The van der Waals surface area contributed by atoms with Crippen LogP contribution < -0.4 is 9.47 Å². The molecule has 28 heavy (non-hydrogen) atoms. The molecule has 1 amide bonds. The van der Waals surface area contributed by atoms with Gasteiger partial charge in [-0.1, -0.05) is 30.3 Å². The SMILES string of the molecule is COc1ccnc(CN2C[C@H]3CC[C@@H](C2)N(Cc2ccccc2)C3=O)c1OC. The predicted octanol–water partition coefficient (Wildman–Crippen LogP) is 2.72. The maximum Gasteiger partial charge on any atom is 0.227 e. The van der Waals surface area contributed by atoms with Crippen LogP contribution in [-0.2, 0) is 17.9 Å². The van der Waals surface area contributed by atoms with Gasteiger partial charge in [0.1, 0.15) is 5.69 Å². The summed E-state index contributed by atoms with van der Waals surface area (Å²) in [5, 5.41) is 0. The van der Waals surface area contributed by atoms with Gasteiger partial charge in [-0.05, 0) is 18.4 Å². The summed E-state index contributed by atoms with van der Waals surface area (Å²) in [5.41, 5.74) is 2.04. The Bertz CT molecular complexity index is 827. The van der Waals surface area contributed by atoms with E-state index in [2.05, 4.69) is 26.9 Å². The van der Waals surface area contributed by atoms with Gasteiger partial charge < -0.3 is 14.4 Å². The fourth-order valence-electron chi connectivity index (χ4n) is 4.42. The van der Waals surface area contributed by atoms with E-state index in [1.54, 1.807) is 26.5 Å². The van der Waals surface area contributed by atoms with Crippen molar-refractivity contribution in [1.82, 2.24) is 14.8 Å². The van der Waals surface area contributed by atoms with Crippen molar-refractivity contribution in [2.24, 2.45) is 5.92 Å². The molecule has 2 aromatic rings. The molecule has 0 aliphatic carbocycles. The number of rotatable bonds is 6. The van der Waals surface area contributed by atoms with E-state index in [1.807, 2.05) is 18.2 Å². The van der Waals surface area contributed by atoms with Crippen LogP contribution in [0.4, 0.5) is 0 Å². The number of hydrogen-bond donors (Lipinski definition) is 0. The number of amides is 1. The Hall–Kier alpha value is -2.60. The number of hydrogen-bond acceptors (Lipinski definition) is 5. The van der Waals surface area contributed by atoms with Gasteiger partial charge in [-0.25, -0.2) is 0 Å². The molecule has 3 saturated heterocycles. The lowest BCUT2D eigenvalue weighted by atomic mass is 9.93. The van der Waals surface area contributed by atoms with Crippen LogP contribution in [-0.4, -0.2) is 54.0 Å². The van der Waals surface area contributed by atoms with E-state index in [0.29, 0.717) is 24.6 Å². The van der Waals surface area contributed by atoms with Crippen LogP contribution >= 0.6 is 0 Å². The summed E-state index contributed by atoms with van der Waals surface area (Å²) in [6, 6.07) is 12.3. The Balaban J connectivity index is 1.53. The van der Waals surface area contributed by atoms with Gasteiger partial charge in [-0.3, -0.25) is 14.7 Å². The normalized spacial score (nSPS) is 22.2. The van der Waals surface area contributed by atoms with Gasteiger partial charge in [-0.2, -0.15) is 0 Å². The molecule has 6 nitrogen and oxygen atoms in total. The molecule has 0 spiro atoms. The van der Waals surface area contributed by atoms with E-state index >= 15 is 0 Å². The van der Waals surface area contributed by atoms with Gasteiger partial charge in [0.25, 0.3) is 0 Å². The first-order valence-corrected chi connectivity index (χ1v) is 9.82. The van der Waals surface area contributed by atoms with E-state index in [1.165, 1.54) is 5.56 Å². The lowest BCUT2D eigenvalue weighted by molar-refractivity contribution is -0.140. The fraction of sp³-hybridized carbons (Fsp3) is 0.455. The highest BCUT2D eigenvalue weighted by atomic mass is 16.5. The lowest BCUT2D eigenvalue weighted by Crippen LogP contribution is -2.47. The van der Waals surface area contributed by atoms with Crippen molar-refractivity contribution in [1.29, 1.82) is 0 Å². The number of fused-ring (bicyclic) bond motifs is 4. The summed E-state index contributed by atoms with van der Waals surface area (Å²) in [7, 11) is 3.27. The molecule has 0 unspecified atom stereocenters. The van der Waals surface area contributed by atoms with Crippen molar-refractivity contribution in [3.8, 4) is 11.5 Å². The van der Waals surface area contributed by atoms with Gasteiger partial charge in [0.2, 0.25) is 5.91 Å². The minimum absolute atomic E-state index is 0.0547. The second kappa shape index (κ2) is 8.19. The third-order valence-corrected chi connectivity index (χ3v) is 5.80. The van der Waals surface area contributed by atoms with Crippen LogP contribution in [0.25, 0.3) is 0 Å². The summed E-state index contributed by atoms with van der Waals surface area (Å²) < 4.78 is 10.9. The molecule has 3 aliphatic heterocycles. The average molecular weight is 381 g/mol. The molecule has 0 N–H and O–H groups in total. The summed E-state index contributed by atoms with van der Waals surface area (Å²) >= 11 is 0. The molecule has 148 valence electrons. The van der Waals surface area contributed by atoms with Crippen LogP contribution in [0, 0.1) is 5.92 Å². The lowest BCUT2D eigenvalue weighted by Gasteiger charge is -2.36. The number of carbonyl (C=O) groups excluding carboxylic acids is 1. The molecule has 2 atom stereocenters. The number of benzene rings is 1. The van der Waals surface area contributed by atoms with Crippen LogP contribution in [0.1, 0.15) is 24.1 Å². The van der Waals surface area contributed by atoms with E-state index < -0.39 is 0 Å². The molecular weight excluding hydrogens is 354 g/mol. The van der Waals surface area contributed by atoms with Crippen molar-refractivity contribution in [2.75, 3.05) is 27.3 Å². The zero-order chi connectivity index (χ0) is 19.5. The molecule has 1 aromatic carbocycles. The topological polar surface area (TPSA) is 54.9 Å². The number of nitrogens with zero attached hydrogens (tertiary/aromatic N) is 3. The summed E-state index contributed by atoms with van der Waals surface area (Å²) in [4.78, 5) is 22.0. The van der Waals surface area contributed by atoms with Gasteiger partial charge >= 0.3 is 0 Å². The van der Waals surface area contributed by atoms with E-state index in [9.17, 15) is 4.79 Å². The zero-order valence-corrected chi connectivity index (χ0v) is 16.5. The standard InChI is InChI=1S/C22H27N3O3/c1-27-20-10-11-23-19(21(20)28-2)15-24-13-17-8-9-18(14-24)25(22(17)26)12-16-6-4-3-5-7-16/h3-7,10-11,17-18H,8-9,12-15H2,1-2H3/t17-,18+/m1/s1. The van der Waals surface area contributed by atoms with Crippen molar-refractivity contribution in [3.63, 3.8) is 0 Å². The first-order valence-electron chi connectivity index (χ1n) is 9.82. The molecular formula is C22H27N3O3. The Morgan fingerprint density at radius 3 is 2.61 bits per heavy atom. The molecule has 1 aromatic heterocycles.